The Hall–Kier alpha value is -0.0600. The first kappa shape index (κ1) is 14.9. The van der Waals surface area contributed by atoms with Crippen LogP contribution in [0.1, 0.15) is 0 Å². The summed E-state index contributed by atoms with van der Waals surface area (Å²) in [4.78, 5) is 16.6. The van der Waals surface area contributed by atoms with E-state index in [2.05, 4.69) is 12.3 Å². The van der Waals surface area contributed by atoms with Crippen LogP contribution in [0.15, 0.2) is 0 Å². The molecular weight excluding hydrogens is 290 g/mol. The van der Waals surface area contributed by atoms with Crippen molar-refractivity contribution >= 4 is 39.7 Å². The SMILES string of the molecule is N#CSOP(=O)(OSC#N)OP(=O)(O)O. The first-order valence-corrected chi connectivity index (χ1v) is 7.16. The number of nitrogens with zero attached hydrogens (tertiary/aromatic N) is 2. The summed E-state index contributed by atoms with van der Waals surface area (Å²) >= 11 is -0.135. The zero-order valence-corrected chi connectivity index (χ0v) is 9.96. The minimum atomic E-state index is -5.13. The summed E-state index contributed by atoms with van der Waals surface area (Å²) in [5.41, 5.74) is 0. The molecule has 0 aliphatic carbocycles. The minimum Gasteiger partial charge on any atom is -0.302 e. The predicted octanol–water partition coefficient (Wildman–Crippen LogP) is 1.50. The Balaban J connectivity index is 4.58. The summed E-state index contributed by atoms with van der Waals surface area (Å²) in [5.74, 6) is 0. The maximum absolute atomic E-state index is 11.2. The lowest BCUT2D eigenvalue weighted by molar-refractivity contribution is 0.246. The van der Waals surface area contributed by atoms with Gasteiger partial charge in [0.1, 0.15) is 24.1 Å². The van der Waals surface area contributed by atoms with Crippen molar-refractivity contribution in [1.82, 2.24) is 0 Å². The second-order valence-corrected chi connectivity index (χ2v) is 5.94. The van der Waals surface area contributed by atoms with Gasteiger partial charge in [-0.2, -0.15) is 22.8 Å². The largest absolute Gasteiger partial charge is 0.508 e. The Bertz CT molecular complexity index is 357. The Morgan fingerprint density at radius 2 is 1.47 bits per heavy atom. The fourth-order valence-electron chi connectivity index (χ4n) is 0.295. The second kappa shape index (κ2) is 6.51. The van der Waals surface area contributed by atoms with Crippen LogP contribution >= 0.6 is 39.7 Å². The van der Waals surface area contributed by atoms with Gasteiger partial charge in [0.25, 0.3) is 0 Å². The van der Waals surface area contributed by atoms with E-state index in [1.807, 2.05) is 0 Å². The zero-order valence-electron chi connectivity index (χ0n) is 6.54. The van der Waals surface area contributed by atoms with Gasteiger partial charge in [0, 0.05) is 0 Å². The monoisotopic (exact) mass is 292 g/mol. The third-order valence-corrected chi connectivity index (χ3v) is 4.39. The van der Waals surface area contributed by atoms with E-state index in [-0.39, 0.29) is 24.1 Å². The third-order valence-electron chi connectivity index (χ3n) is 0.538. The van der Waals surface area contributed by atoms with Gasteiger partial charge in [-0.15, -0.1) is 0 Å². The molecule has 0 saturated carbocycles. The van der Waals surface area contributed by atoms with E-state index < -0.39 is 15.6 Å². The molecule has 0 aliphatic heterocycles. The van der Waals surface area contributed by atoms with Crippen molar-refractivity contribution in [2.45, 2.75) is 0 Å². The molecule has 0 aromatic heterocycles. The number of nitriles is 2. The number of phosphoric acid groups is 2. The zero-order chi connectivity index (χ0) is 11.9. The van der Waals surface area contributed by atoms with Crippen molar-refractivity contribution in [2.75, 3.05) is 0 Å². The van der Waals surface area contributed by atoms with Gasteiger partial charge in [-0.3, -0.25) is 0 Å². The number of hydrogen-bond acceptors (Lipinski definition) is 9. The summed E-state index contributed by atoms with van der Waals surface area (Å²) in [7, 11) is -9.78. The Labute approximate surface area is 92.6 Å². The van der Waals surface area contributed by atoms with Gasteiger partial charge in [0.2, 0.25) is 0 Å². The van der Waals surface area contributed by atoms with Gasteiger partial charge in [0.05, 0.1) is 0 Å². The van der Waals surface area contributed by atoms with Crippen LogP contribution < -0.4 is 0 Å². The third kappa shape index (κ3) is 7.82. The van der Waals surface area contributed by atoms with Crippen LogP contribution in [0.2, 0.25) is 0 Å². The van der Waals surface area contributed by atoms with Gasteiger partial charge in [-0.05, 0) is 0 Å². The van der Waals surface area contributed by atoms with Crippen LogP contribution in [-0.2, 0) is 21.4 Å². The molecule has 84 valence electrons. The molecule has 0 aromatic rings. The molecule has 0 heterocycles. The molecule has 0 fully saturated rings. The van der Waals surface area contributed by atoms with E-state index in [4.69, 9.17) is 20.3 Å². The quantitative estimate of drug-likeness (QED) is 0.416. The standard InChI is InChI=1S/C2H2N2O7P2S2/c3-1-14-10-13(8,11-15-2-4)9-12(5,6)7/h(H2,5,6,7). The second-order valence-electron chi connectivity index (χ2n) is 1.52. The summed E-state index contributed by atoms with van der Waals surface area (Å²) in [6, 6.07) is 0. The summed E-state index contributed by atoms with van der Waals surface area (Å²) in [6.45, 7) is 0. The van der Waals surface area contributed by atoms with Crippen LogP contribution in [0.5, 0.6) is 0 Å². The lowest BCUT2D eigenvalue weighted by atomic mass is 11.8. The smallest absolute Gasteiger partial charge is 0.302 e. The van der Waals surface area contributed by atoms with Crippen molar-refractivity contribution in [1.29, 1.82) is 10.5 Å². The normalized spacial score (nSPS) is 11.7. The highest BCUT2D eigenvalue weighted by Crippen LogP contribution is 2.64. The summed E-state index contributed by atoms with van der Waals surface area (Å²) in [6.07, 6.45) is 0. The molecule has 0 unspecified atom stereocenters. The molecular formula is C2H2N2O7P2S2. The van der Waals surface area contributed by atoms with Gasteiger partial charge >= 0.3 is 15.6 Å². The first-order valence-electron chi connectivity index (χ1n) is 2.68. The molecule has 0 radical (unpaired) electrons. The van der Waals surface area contributed by atoms with E-state index in [0.29, 0.717) is 0 Å². The Kier molecular flexibility index (Phi) is 6.48. The number of hydrogen-bond donors (Lipinski definition) is 2. The van der Waals surface area contributed by atoms with Crippen LogP contribution in [0.4, 0.5) is 0 Å². The predicted molar refractivity (Wildman–Crippen MR) is 49.3 cm³/mol. The van der Waals surface area contributed by atoms with Crippen LogP contribution in [0, 0.1) is 21.3 Å². The molecule has 0 saturated heterocycles. The fourth-order valence-corrected chi connectivity index (χ4v) is 3.36. The van der Waals surface area contributed by atoms with Crippen LogP contribution in [0.3, 0.4) is 0 Å². The molecule has 9 nitrogen and oxygen atoms in total. The average Bonchev–Trinajstić information content (AvgIpc) is 2.09. The Morgan fingerprint density at radius 3 is 1.73 bits per heavy atom. The molecule has 0 spiro atoms. The maximum Gasteiger partial charge on any atom is 0.508 e. The summed E-state index contributed by atoms with van der Waals surface area (Å²) in [5, 5.41) is 18.7. The van der Waals surface area contributed by atoms with E-state index >= 15 is 0 Å². The van der Waals surface area contributed by atoms with Crippen molar-refractivity contribution in [3.8, 4) is 10.8 Å². The molecule has 0 atom stereocenters. The number of rotatable bonds is 6. The molecule has 0 bridgehead atoms. The van der Waals surface area contributed by atoms with Crippen molar-refractivity contribution in [3.05, 3.63) is 0 Å². The molecule has 15 heavy (non-hydrogen) atoms. The lowest BCUT2D eigenvalue weighted by Gasteiger charge is -2.12. The minimum absolute atomic E-state index is 0.0675. The lowest BCUT2D eigenvalue weighted by Crippen LogP contribution is -1.90. The van der Waals surface area contributed by atoms with Gasteiger partial charge in [-0.1, -0.05) is 0 Å². The molecule has 0 aliphatic rings. The highest BCUT2D eigenvalue weighted by Gasteiger charge is 2.37. The maximum atomic E-state index is 11.2. The molecule has 13 heteroatoms. The topological polar surface area (TPSA) is 150 Å². The van der Waals surface area contributed by atoms with Crippen LogP contribution in [0.25, 0.3) is 0 Å². The van der Waals surface area contributed by atoms with Crippen molar-refractivity contribution in [2.24, 2.45) is 0 Å². The van der Waals surface area contributed by atoms with Crippen molar-refractivity contribution < 1.29 is 31.2 Å². The average molecular weight is 292 g/mol. The van der Waals surface area contributed by atoms with Crippen molar-refractivity contribution in [3.63, 3.8) is 0 Å². The molecule has 0 amide bonds. The fraction of sp³-hybridized carbons (Fsp3) is 0. The molecule has 2 N–H and O–H groups in total. The highest BCUT2D eigenvalue weighted by molar-refractivity contribution is 8.05. The van der Waals surface area contributed by atoms with E-state index in [9.17, 15) is 9.13 Å². The number of thiocyanates is 2. The molecule has 0 aromatic carbocycles. The summed E-state index contributed by atoms with van der Waals surface area (Å²) < 4.78 is 33.4. The first-order chi connectivity index (χ1) is 6.83. The Morgan fingerprint density at radius 1 is 1.07 bits per heavy atom. The van der Waals surface area contributed by atoms with Gasteiger partial charge in [-0.25, -0.2) is 9.13 Å². The van der Waals surface area contributed by atoms with Crippen LogP contribution in [-0.4, -0.2) is 9.79 Å². The van der Waals surface area contributed by atoms with E-state index in [1.165, 1.54) is 10.8 Å². The van der Waals surface area contributed by atoms with Gasteiger partial charge in [0.15, 0.2) is 10.8 Å². The van der Waals surface area contributed by atoms with Gasteiger partial charge < -0.3 is 9.79 Å². The molecule has 0 rings (SSSR count). The van der Waals surface area contributed by atoms with E-state index in [1.54, 1.807) is 0 Å². The van der Waals surface area contributed by atoms with E-state index in [0.717, 1.165) is 0 Å². The highest BCUT2D eigenvalue weighted by atomic mass is 32.2.